The van der Waals surface area contributed by atoms with E-state index < -0.39 is 31.0 Å². The largest absolute Gasteiger partial charge is 0.417 e. The van der Waals surface area contributed by atoms with E-state index in [0.717, 1.165) is 12.1 Å². The first-order chi connectivity index (χ1) is 13.2. The molecule has 1 spiro atoms. The molecule has 4 nitrogen and oxygen atoms in total. The number of rotatable bonds is 3. The van der Waals surface area contributed by atoms with Crippen molar-refractivity contribution in [3.8, 4) is 6.07 Å². The number of anilines is 1. The molecule has 0 radical (unpaired) electrons. The maximum atomic E-state index is 13.4. The number of alkyl halides is 3. The average molecular weight is 425 g/mol. The van der Waals surface area contributed by atoms with E-state index in [-0.39, 0.29) is 28.8 Å². The van der Waals surface area contributed by atoms with Crippen LogP contribution in [0.15, 0.2) is 18.2 Å². The molecule has 1 saturated carbocycles. The van der Waals surface area contributed by atoms with E-state index in [4.69, 9.17) is 9.69 Å². The first-order valence-corrected chi connectivity index (χ1v) is 12.7. The monoisotopic (exact) mass is 424 g/mol. The zero-order chi connectivity index (χ0) is 22.0. The Hall–Kier alpha value is -1.85. The Bertz CT molecular complexity index is 879. The number of amides is 1. The van der Waals surface area contributed by atoms with E-state index in [1.807, 2.05) is 6.92 Å². The summed E-state index contributed by atoms with van der Waals surface area (Å²) in [5.74, 6) is -0.174. The van der Waals surface area contributed by atoms with Crippen molar-refractivity contribution in [1.29, 1.82) is 5.26 Å². The zero-order valence-corrected chi connectivity index (χ0v) is 18.6. The van der Waals surface area contributed by atoms with E-state index in [1.165, 1.54) is 11.0 Å². The lowest BCUT2D eigenvalue weighted by Crippen LogP contribution is -2.48. The van der Waals surface area contributed by atoms with E-state index >= 15 is 0 Å². The van der Waals surface area contributed by atoms with Crippen LogP contribution in [0, 0.1) is 16.7 Å². The van der Waals surface area contributed by atoms with Gasteiger partial charge in [-0.15, -0.1) is 0 Å². The minimum atomic E-state index is -4.67. The quantitative estimate of drug-likeness (QED) is 0.604. The van der Waals surface area contributed by atoms with Gasteiger partial charge in [0.15, 0.2) is 8.32 Å². The molecular weight excluding hydrogens is 397 g/mol. The lowest BCUT2D eigenvalue weighted by molar-refractivity contribution is -0.137. The van der Waals surface area contributed by atoms with Gasteiger partial charge in [0.1, 0.15) is 0 Å². The molecule has 29 heavy (non-hydrogen) atoms. The van der Waals surface area contributed by atoms with Crippen LogP contribution in [0.25, 0.3) is 0 Å². The molecule has 1 aromatic rings. The van der Waals surface area contributed by atoms with Gasteiger partial charge in [-0.1, -0.05) is 20.8 Å². The highest BCUT2D eigenvalue weighted by molar-refractivity contribution is 6.74. The number of halogens is 3. The lowest BCUT2D eigenvalue weighted by atomic mass is 9.99. The van der Waals surface area contributed by atoms with Gasteiger partial charge in [-0.2, -0.15) is 18.4 Å². The van der Waals surface area contributed by atoms with E-state index in [1.54, 1.807) is 6.07 Å². The number of hydrogen-bond donors (Lipinski definition) is 0. The number of nitriles is 1. The average Bonchev–Trinajstić information content (AvgIpc) is 3.36. The van der Waals surface area contributed by atoms with Crippen LogP contribution < -0.4 is 4.90 Å². The predicted molar refractivity (Wildman–Crippen MR) is 107 cm³/mol. The van der Waals surface area contributed by atoms with Crippen LogP contribution in [0.1, 0.15) is 51.7 Å². The third-order valence-corrected chi connectivity index (χ3v) is 11.2. The Labute approximate surface area is 170 Å². The van der Waals surface area contributed by atoms with Crippen molar-refractivity contribution in [2.24, 2.45) is 5.41 Å². The van der Waals surface area contributed by atoms with Crippen LogP contribution in [0.2, 0.25) is 18.1 Å². The SMILES string of the molecule is CC1C(O[Si](C)(C)C(C)(C)C)C2(CC2)C(=O)N1c1ccc(C#N)c(C(F)(F)F)c1. The van der Waals surface area contributed by atoms with Crippen LogP contribution in [0.3, 0.4) is 0 Å². The maximum absolute atomic E-state index is 13.4. The molecule has 2 aliphatic rings. The van der Waals surface area contributed by atoms with E-state index in [2.05, 4.69) is 33.9 Å². The van der Waals surface area contributed by atoms with Gasteiger partial charge in [-0.25, -0.2) is 0 Å². The van der Waals surface area contributed by atoms with Crippen LogP contribution in [-0.2, 0) is 15.4 Å². The van der Waals surface area contributed by atoms with Gasteiger partial charge in [0.25, 0.3) is 0 Å². The topological polar surface area (TPSA) is 53.3 Å². The summed E-state index contributed by atoms with van der Waals surface area (Å²) >= 11 is 0. The van der Waals surface area contributed by atoms with Gasteiger partial charge >= 0.3 is 6.18 Å². The first kappa shape index (κ1) is 21.8. The molecule has 1 saturated heterocycles. The number of hydrogen-bond acceptors (Lipinski definition) is 3. The molecule has 0 N–H and O–H groups in total. The summed E-state index contributed by atoms with van der Waals surface area (Å²) in [6.45, 7) is 12.4. The maximum Gasteiger partial charge on any atom is 0.417 e. The molecule has 1 amide bonds. The molecule has 1 aromatic carbocycles. The highest BCUT2D eigenvalue weighted by atomic mass is 28.4. The van der Waals surface area contributed by atoms with Crippen molar-refractivity contribution in [2.75, 3.05) is 4.90 Å². The third-order valence-electron chi connectivity index (χ3n) is 6.76. The van der Waals surface area contributed by atoms with Gasteiger partial charge in [-0.05, 0) is 56.1 Å². The molecule has 2 unspecified atom stereocenters. The highest BCUT2D eigenvalue weighted by Crippen LogP contribution is 2.59. The molecule has 1 heterocycles. The van der Waals surface area contributed by atoms with Gasteiger partial charge in [0, 0.05) is 5.69 Å². The van der Waals surface area contributed by atoms with Crippen molar-refractivity contribution in [3.63, 3.8) is 0 Å². The predicted octanol–water partition coefficient (Wildman–Crippen LogP) is 5.48. The summed E-state index contributed by atoms with van der Waals surface area (Å²) in [6, 6.07) is 4.68. The van der Waals surface area contributed by atoms with Crippen molar-refractivity contribution in [1.82, 2.24) is 0 Å². The fraction of sp³-hybridized carbons (Fsp3) is 0.619. The first-order valence-electron chi connectivity index (χ1n) is 9.78. The van der Waals surface area contributed by atoms with Crippen LogP contribution in [0.5, 0.6) is 0 Å². The van der Waals surface area contributed by atoms with Crippen molar-refractivity contribution in [3.05, 3.63) is 29.3 Å². The molecule has 1 aliphatic carbocycles. The molecule has 0 bridgehead atoms. The molecule has 2 fully saturated rings. The second-order valence-electron chi connectivity index (χ2n) is 9.71. The summed E-state index contributed by atoms with van der Waals surface area (Å²) in [4.78, 5) is 14.7. The van der Waals surface area contributed by atoms with Gasteiger partial charge in [-0.3, -0.25) is 4.79 Å². The summed E-state index contributed by atoms with van der Waals surface area (Å²) in [5.41, 5.74) is -1.94. The summed E-state index contributed by atoms with van der Waals surface area (Å²) < 4.78 is 46.9. The smallest absolute Gasteiger partial charge is 0.411 e. The molecule has 1 aliphatic heterocycles. The number of nitrogens with zero attached hydrogens (tertiary/aromatic N) is 2. The fourth-order valence-corrected chi connectivity index (χ4v) is 5.26. The minimum absolute atomic E-state index is 0.0445. The Morgan fingerprint density at radius 1 is 1.24 bits per heavy atom. The Morgan fingerprint density at radius 2 is 1.83 bits per heavy atom. The number of carbonyl (C=O) groups excluding carboxylic acids is 1. The summed E-state index contributed by atoms with van der Waals surface area (Å²) in [6.07, 6.45) is -3.63. The number of carbonyl (C=O) groups is 1. The van der Waals surface area contributed by atoms with Gasteiger partial charge in [0.2, 0.25) is 5.91 Å². The summed E-state index contributed by atoms with van der Waals surface area (Å²) in [7, 11) is -2.18. The van der Waals surface area contributed by atoms with E-state index in [0.29, 0.717) is 12.8 Å². The molecule has 3 rings (SSSR count). The summed E-state index contributed by atoms with van der Waals surface area (Å²) in [5, 5.41) is 8.99. The molecular formula is C21H27F3N2O2Si. The Balaban J connectivity index is 2.01. The molecule has 2 atom stereocenters. The lowest BCUT2D eigenvalue weighted by Gasteiger charge is -2.40. The fourth-order valence-electron chi connectivity index (χ4n) is 3.85. The van der Waals surface area contributed by atoms with Crippen LogP contribution in [-0.4, -0.2) is 26.4 Å². The van der Waals surface area contributed by atoms with Gasteiger partial charge in [0.05, 0.1) is 34.8 Å². The van der Waals surface area contributed by atoms with Crippen molar-refractivity contribution in [2.45, 2.75) is 77.0 Å². The number of benzene rings is 1. The van der Waals surface area contributed by atoms with Crippen molar-refractivity contribution >= 4 is 19.9 Å². The Morgan fingerprint density at radius 3 is 2.28 bits per heavy atom. The normalized spacial score (nSPS) is 24.1. The van der Waals surface area contributed by atoms with E-state index in [9.17, 15) is 18.0 Å². The Kier molecular flexibility index (Phi) is 4.95. The van der Waals surface area contributed by atoms with Gasteiger partial charge < -0.3 is 9.33 Å². The second-order valence-corrected chi connectivity index (χ2v) is 14.5. The molecule has 8 heteroatoms. The minimum Gasteiger partial charge on any atom is -0.411 e. The third kappa shape index (κ3) is 3.48. The van der Waals surface area contributed by atoms with Crippen LogP contribution in [0.4, 0.5) is 18.9 Å². The standard InChI is InChI=1S/C21H27F3N2O2Si/c1-13-17(28-29(5,6)19(2,3)4)20(9-10-20)18(27)26(13)15-8-7-14(12-25)16(11-15)21(22,23)24/h7-8,11,13,17H,9-10H2,1-6H3. The molecule has 158 valence electrons. The highest BCUT2D eigenvalue weighted by Gasteiger charge is 2.67. The zero-order valence-electron chi connectivity index (χ0n) is 17.6. The second kappa shape index (κ2) is 6.58. The van der Waals surface area contributed by atoms with Crippen LogP contribution >= 0.6 is 0 Å². The molecule has 0 aromatic heterocycles. The van der Waals surface area contributed by atoms with Crippen molar-refractivity contribution < 1.29 is 22.4 Å².